The van der Waals surface area contributed by atoms with Crippen molar-refractivity contribution >= 4 is 31.0 Å². The van der Waals surface area contributed by atoms with E-state index in [1.165, 1.54) is 20.0 Å². The maximum absolute atomic E-state index is 11.6. The quantitative estimate of drug-likeness (QED) is 0.431. The third kappa shape index (κ3) is 5.01. The summed E-state index contributed by atoms with van der Waals surface area (Å²) in [5.41, 5.74) is 0. The number of halogens is 1. The summed E-state index contributed by atoms with van der Waals surface area (Å²) < 4.78 is 31.1. The molecule has 0 aliphatic carbocycles. The van der Waals surface area contributed by atoms with E-state index in [4.69, 9.17) is 21.1 Å². The van der Waals surface area contributed by atoms with Crippen LogP contribution in [-0.2, 0) is 28.2 Å². The molecule has 1 heterocycles. The zero-order chi connectivity index (χ0) is 16.2. The summed E-state index contributed by atoms with van der Waals surface area (Å²) in [4.78, 5) is 23.5. The number of ether oxygens (including phenoxy) is 2. The highest BCUT2D eigenvalue weighted by Gasteiger charge is 2.46. The Kier molecular flexibility index (Phi) is 6.70. The molecule has 10 heteroatoms. The molecule has 1 amide bonds. The minimum atomic E-state index is -2.80. The molecular formula is C11H15ClNO7P. The molecule has 0 aromatic heterocycles. The van der Waals surface area contributed by atoms with E-state index in [1.54, 1.807) is 0 Å². The van der Waals surface area contributed by atoms with Gasteiger partial charge in [-0.25, -0.2) is 9.13 Å². The number of carbonyl (C=O) groups is 2. The van der Waals surface area contributed by atoms with E-state index >= 15 is 0 Å². The molecule has 21 heavy (non-hydrogen) atoms. The van der Waals surface area contributed by atoms with Crippen molar-refractivity contribution in [2.75, 3.05) is 6.35 Å². The number of nitrogens with zero attached hydrogens (tertiary/aromatic N) is 1. The van der Waals surface area contributed by atoms with Crippen molar-refractivity contribution in [1.82, 2.24) is 4.90 Å². The molecule has 0 spiro atoms. The second-order valence-corrected chi connectivity index (χ2v) is 5.74. The first kappa shape index (κ1) is 18.0. The van der Waals surface area contributed by atoms with Gasteiger partial charge in [0.1, 0.15) is 11.5 Å². The average molecular weight is 340 g/mol. The Morgan fingerprint density at radius 2 is 2.05 bits per heavy atom. The molecule has 4 atom stereocenters. The van der Waals surface area contributed by atoms with Crippen LogP contribution in [0.5, 0.6) is 0 Å². The minimum Gasteiger partial charge on any atom is -0.386 e. The van der Waals surface area contributed by atoms with Crippen LogP contribution in [0.25, 0.3) is 0 Å². The van der Waals surface area contributed by atoms with E-state index in [1.807, 2.05) is 0 Å². The smallest absolute Gasteiger partial charge is 0.342 e. The van der Waals surface area contributed by atoms with Gasteiger partial charge in [0, 0.05) is 13.1 Å². The van der Waals surface area contributed by atoms with E-state index in [9.17, 15) is 23.8 Å². The summed E-state index contributed by atoms with van der Waals surface area (Å²) in [6.07, 6.45) is -1.99. The number of aliphatic hydroxyl groups excluding tert-OH is 1. The van der Waals surface area contributed by atoms with Gasteiger partial charge >= 0.3 is 7.68 Å². The first-order chi connectivity index (χ1) is 9.73. The molecule has 1 rings (SSSR count). The normalized spacial score (nSPS) is 28.8. The highest BCUT2D eigenvalue weighted by molar-refractivity contribution is 7.30. The first-order valence-corrected chi connectivity index (χ1v) is 7.72. The van der Waals surface area contributed by atoms with Gasteiger partial charge in [0.15, 0.2) is 24.6 Å². The van der Waals surface area contributed by atoms with Gasteiger partial charge in [0.05, 0.1) is 0 Å². The van der Waals surface area contributed by atoms with E-state index in [0.717, 1.165) is 11.0 Å². The standard InChI is InChI=1S/C11H15ClNO7P/c1-6(14)3-4-13(7(2)15)10-8(12)9(16)11(20-10)19-5-21(17)18/h3-4,8-11,16H,5H2,1-2H3/b4-3-/t8-,9+,10-,11+/m1/s1. The molecule has 0 aromatic carbocycles. The molecule has 1 N–H and O–H groups in total. The van der Waals surface area contributed by atoms with Gasteiger partial charge < -0.3 is 14.6 Å². The van der Waals surface area contributed by atoms with E-state index in [2.05, 4.69) is 0 Å². The fraction of sp³-hybridized carbons (Fsp3) is 0.636. The predicted octanol–water partition coefficient (Wildman–Crippen LogP) is 0.735. The predicted molar refractivity (Wildman–Crippen MR) is 70.9 cm³/mol. The number of aliphatic hydroxyl groups is 1. The van der Waals surface area contributed by atoms with Crippen LogP contribution in [0.15, 0.2) is 12.3 Å². The summed E-state index contributed by atoms with van der Waals surface area (Å²) >= 11 is 5.97. The number of rotatable bonds is 6. The Morgan fingerprint density at radius 3 is 2.52 bits per heavy atom. The molecule has 0 bridgehead atoms. The number of hydrogen-bond acceptors (Lipinski definition) is 7. The second-order valence-electron chi connectivity index (χ2n) is 4.31. The summed E-state index contributed by atoms with van der Waals surface area (Å²) in [5.74, 6) is -0.757. The van der Waals surface area contributed by atoms with Crippen LogP contribution in [0.1, 0.15) is 13.8 Å². The zero-order valence-electron chi connectivity index (χ0n) is 11.3. The number of ketones is 1. The Balaban J connectivity index is 2.85. The van der Waals surface area contributed by atoms with Crippen molar-refractivity contribution in [2.24, 2.45) is 0 Å². The van der Waals surface area contributed by atoms with Gasteiger partial charge in [0.2, 0.25) is 5.91 Å². The van der Waals surface area contributed by atoms with Gasteiger partial charge in [-0.15, -0.1) is 11.6 Å². The maximum atomic E-state index is 11.6. The van der Waals surface area contributed by atoms with Gasteiger partial charge in [-0.2, -0.15) is 0 Å². The highest BCUT2D eigenvalue weighted by atomic mass is 35.5. The van der Waals surface area contributed by atoms with Gasteiger partial charge in [-0.3, -0.25) is 14.5 Å². The monoisotopic (exact) mass is 339 g/mol. The molecule has 1 saturated heterocycles. The van der Waals surface area contributed by atoms with Crippen molar-refractivity contribution in [3.63, 3.8) is 0 Å². The average Bonchev–Trinajstić information content (AvgIpc) is 2.64. The maximum Gasteiger partial charge on any atom is 0.342 e. The molecule has 1 fully saturated rings. The van der Waals surface area contributed by atoms with Gasteiger partial charge in [-0.05, 0) is 13.0 Å². The molecule has 118 valence electrons. The molecule has 1 aliphatic rings. The lowest BCUT2D eigenvalue weighted by Crippen LogP contribution is -2.41. The number of amides is 1. The van der Waals surface area contributed by atoms with Crippen LogP contribution >= 0.6 is 19.3 Å². The van der Waals surface area contributed by atoms with Crippen molar-refractivity contribution in [3.05, 3.63) is 12.3 Å². The lowest BCUT2D eigenvalue weighted by Gasteiger charge is -2.25. The van der Waals surface area contributed by atoms with Crippen LogP contribution in [0, 0.1) is 0 Å². The van der Waals surface area contributed by atoms with Crippen molar-refractivity contribution < 1.29 is 33.3 Å². The van der Waals surface area contributed by atoms with E-state index in [0.29, 0.717) is 0 Å². The fourth-order valence-electron chi connectivity index (χ4n) is 1.66. The van der Waals surface area contributed by atoms with Crippen LogP contribution in [0.4, 0.5) is 0 Å². The summed E-state index contributed by atoms with van der Waals surface area (Å²) in [7, 11) is -2.80. The van der Waals surface area contributed by atoms with Crippen molar-refractivity contribution in [1.29, 1.82) is 0 Å². The van der Waals surface area contributed by atoms with Crippen molar-refractivity contribution in [3.8, 4) is 0 Å². The van der Waals surface area contributed by atoms with Crippen molar-refractivity contribution in [2.45, 2.75) is 37.8 Å². The third-order valence-corrected chi connectivity index (χ3v) is 3.44. The van der Waals surface area contributed by atoms with Crippen LogP contribution < -0.4 is 0 Å². The zero-order valence-corrected chi connectivity index (χ0v) is 13.0. The Labute approximate surface area is 126 Å². The van der Waals surface area contributed by atoms with E-state index in [-0.39, 0.29) is 5.78 Å². The van der Waals surface area contributed by atoms with Crippen LogP contribution in [0.3, 0.4) is 0 Å². The number of alkyl halides is 1. The Morgan fingerprint density at radius 1 is 1.43 bits per heavy atom. The minimum absolute atomic E-state index is 0.290. The SMILES string of the molecule is CC(=O)/C=C\N(C(C)=O)[C@@H]1O[C@H](OCP(=O)=O)[C@@H](O)[C@H]1Cl. The topological polar surface area (TPSA) is 110 Å². The first-order valence-electron chi connectivity index (χ1n) is 5.92. The lowest BCUT2D eigenvalue weighted by atomic mass is 10.2. The number of allylic oxidation sites excluding steroid dienone is 1. The molecule has 8 nitrogen and oxygen atoms in total. The molecule has 0 radical (unpaired) electrons. The highest BCUT2D eigenvalue weighted by Crippen LogP contribution is 2.30. The summed E-state index contributed by atoms with van der Waals surface area (Å²) in [6.45, 7) is 2.53. The van der Waals surface area contributed by atoms with Crippen LogP contribution in [-0.4, -0.2) is 52.0 Å². The fourth-order valence-corrected chi connectivity index (χ4v) is 2.23. The van der Waals surface area contributed by atoms with Gasteiger partial charge in [-0.1, -0.05) is 0 Å². The summed E-state index contributed by atoms with van der Waals surface area (Å²) in [5, 5.41) is 8.80. The Bertz CT molecular complexity index is 499. The third-order valence-electron chi connectivity index (χ3n) is 2.60. The largest absolute Gasteiger partial charge is 0.386 e. The lowest BCUT2D eigenvalue weighted by molar-refractivity contribution is -0.177. The van der Waals surface area contributed by atoms with E-state index < -0.39 is 43.9 Å². The van der Waals surface area contributed by atoms with Crippen LogP contribution in [0.2, 0.25) is 0 Å². The molecule has 0 saturated carbocycles. The number of hydrogen-bond donors (Lipinski definition) is 1. The number of carbonyl (C=O) groups excluding carboxylic acids is 2. The molecule has 0 aromatic rings. The molecule has 1 aliphatic heterocycles. The molecule has 0 unspecified atom stereocenters. The molecular weight excluding hydrogens is 325 g/mol. The summed E-state index contributed by atoms with van der Waals surface area (Å²) in [6, 6.07) is 0. The second kappa shape index (κ2) is 7.82. The van der Waals surface area contributed by atoms with Gasteiger partial charge in [0.25, 0.3) is 0 Å². The Hall–Kier alpha value is -1.05.